The molecule has 0 aliphatic carbocycles. The first-order chi connectivity index (χ1) is 8.15. The molecular formula is C11H16N2O3S. The van der Waals surface area contributed by atoms with Crippen molar-refractivity contribution in [1.29, 1.82) is 0 Å². The third-order valence-electron chi connectivity index (χ3n) is 2.01. The number of rotatable bonds is 6. The van der Waals surface area contributed by atoms with E-state index in [1.54, 1.807) is 13.1 Å². The average Bonchev–Trinajstić information content (AvgIpc) is 2.74. The molecule has 94 valence electrons. The molecule has 0 unspecified atom stereocenters. The third-order valence-corrected chi connectivity index (χ3v) is 3.07. The number of hydrogen-bond donors (Lipinski definition) is 1. The number of nitrogens with zero attached hydrogens (tertiary/aromatic N) is 1. The van der Waals surface area contributed by atoms with Crippen LogP contribution in [-0.2, 0) is 20.7 Å². The number of carbonyl (C=O) groups excluding carboxylic acids is 2. The van der Waals surface area contributed by atoms with E-state index in [0.29, 0.717) is 11.7 Å². The Balaban J connectivity index is 2.32. The number of aromatic nitrogens is 1. The molecule has 5 nitrogen and oxygen atoms in total. The van der Waals surface area contributed by atoms with Gasteiger partial charge in [-0.2, -0.15) is 0 Å². The quantitative estimate of drug-likeness (QED) is 0.790. The van der Waals surface area contributed by atoms with Crippen molar-refractivity contribution in [2.45, 2.75) is 33.1 Å². The second-order valence-corrected chi connectivity index (χ2v) is 4.45. The number of hydrogen-bond acceptors (Lipinski definition) is 5. The standard InChI is InChI=1S/C11H16N2O3S/c1-3-8-7-12-11(17-8)13-9(14)5-6-10(15)16-4-2/h7H,3-6H2,1-2H3,(H,12,13,14). The molecule has 0 bridgehead atoms. The number of esters is 1. The van der Waals surface area contributed by atoms with Crippen LogP contribution in [0.25, 0.3) is 0 Å². The van der Waals surface area contributed by atoms with Crippen molar-refractivity contribution in [2.75, 3.05) is 11.9 Å². The number of nitrogens with one attached hydrogen (secondary N) is 1. The largest absolute Gasteiger partial charge is 0.466 e. The summed E-state index contributed by atoms with van der Waals surface area (Å²) < 4.78 is 4.73. The zero-order chi connectivity index (χ0) is 12.7. The Labute approximate surface area is 104 Å². The van der Waals surface area contributed by atoms with Crippen LogP contribution in [0.15, 0.2) is 6.20 Å². The van der Waals surface area contributed by atoms with E-state index in [1.165, 1.54) is 11.3 Å². The minimum atomic E-state index is -0.351. The molecule has 0 atom stereocenters. The topological polar surface area (TPSA) is 68.3 Å². The molecule has 0 aliphatic rings. The van der Waals surface area contributed by atoms with Gasteiger partial charge in [0, 0.05) is 17.5 Å². The Morgan fingerprint density at radius 2 is 2.18 bits per heavy atom. The zero-order valence-electron chi connectivity index (χ0n) is 9.99. The van der Waals surface area contributed by atoms with Crippen molar-refractivity contribution in [3.8, 4) is 0 Å². The van der Waals surface area contributed by atoms with E-state index >= 15 is 0 Å². The van der Waals surface area contributed by atoms with Crippen molar-refractivity contribution < 1.29 is 14.3 Å². The van der Waals surface area contributed by atoms with Gasteiger partial charge >= 0.3 is 5.97 Å². The van der Waals surface area contributed by atoms with Gasteiger partial charge in [0.2, 0.25) is 5.91 Å². The number of ether oxygens (including phenoxy) is 1. The molecule has 17 heavy (non-hydrogen) atoms. The van der Waals surface area contributed by atoms with E-state index in [0.717, 1.165) is 11.3 Å². The van der Waals surface area contributed by atoms with Gasteiger partial charge in [0.25, 0.3) is 0 Å². The summed E-state index contributed by atoms with van der Waals surface area (Å²) in [6, 6.07) is 0. The Kier molecular flexibility index (Phi) is 5.62. The van der Waals surface area contributed by atoms with Crippen molar-refractivity contribution >= 4 is 28.3 Å². The van der Waals surface area contributed by atoms with E-state index in [2.05, 4.69) is 10.3 Å². The van der Waals surface area contributed by atoms with Crippen LogP contribution in [0.4, 0.5) is 5.13 Å². The summed E-state index contributed by atoms with van der Waals surface area (Å²) >= 11 is 1.45. The molecule has 1 aromatic heterocycles. The van der Waals surface area contributed by atoms with Crippen LogP contribution in [0.1, 0.15) is 31.6 Å². The van der Waals surface area contributed by atoms with Gasteiger partial charge in [-0.1, -0.05) is 6.92 Å². The van der Waals surface area contributed by atoms with Crippen LogP contribution >= 0.6 is 11.3 Å². The molecule has 1 rings (SSSR count). The van der Waals surface area contributed by atoms with E-state index in [9.17, 15) is 9.59 Å². The van der Waals surface area contributed by atoms with Crippen LogP contribution < -0.4 is 5.32 Å². The predicted octanol–water partition coefficient (Wildman–Crippen LogP) is 1.99. The average molecular weight is 256 g/mol. The van der Waals surface area contributed by atoms with Gasteiger partial charge in [-0.3, -0.25) is 9.59 Å². The number of amides is 1. The highest BCUT2D eigenvalue weighted by Gasteiger charge is 2.09. The fourth-order valence-electron chi connectivity index (χ4n) is 1.16. The Morgan fingerprint density at radius 3 is 2.76 bits per heavy atom. The highest BCUT2D eigenvalue weighted by molar-refractivity contribution is 7.15. The minimum absolute atomic E-state index is 0.103. The van der Waals surface area contributed by atoms with E-state index < -0.39 is 0 Å². The van der Waals surface area contributed by atoms with Crippen LogP contribution in [0.5, 0.6) is 0 Å². The minimum Gasteiger partial charge on any atom is -0.466 e. The maximum Gasteiger partial charge on any atom is 0.306 e. The number of aryl methyl sites for hydroxylation is 1. The van der Waals surface area contributed by atoms with Gasteiger partial charge in [0.15, 0.2) is 5.13 Å². The van der Waals surface area contributed by atoms with Crippen molar-refractivity contribution in [3.05, 3.63) is 11.1 Å². The van der Waals surface area contributed by atoms with Crippen molar-refractivity contribution in [1.82, 2.24) is 4.98 Å². The first kappa shape index (κ1) is 13.6. The van der Waals surface area contributed by atoms with Crippen LogP contribution in [-0.4, -0.2) is 23.5 Å². The maximum absolute atomic E-state index is 11.5. The summed E-state index contributed by atoms with van der Waals surface area (Å²) in [6.07, 6.45) is 2.87. The Morgan fingerprint density at radius 1 is 1.41 bits per heavy atom. The molecule has 1 N–H and O–H groups in total. The first-order valence-electron chi connectivity index (χ1n) is 5.55. The normalized spacial score (nSPS) is 10.0. The van der Waals surface area contributed by atoms with Crippen LogP contribution in [0.3, 0.4) is 0 Å². The van der Waals surface area contributed by atoms with Gasteiger partial charge in [-0.25, -0.2) is 4.98 Å². The second kappa shape index (κ2) is 7.01. The van der Waals surface area contributed by atoms with Crippen molar-refractivity contribution in [3.63, 3.8) is 0 Å². The molecule has 0 radical (unpaired) electrons. The lowest BCUT2D eigenvalue weighted by atomic mass is 10.3. The summed E-state index contributed by atoms with van der Waals surface area (Å²) in [4.78, 5) is 27.7. The Hall–Kier alpha value is -1.43. The van der Waals surface area contributed by atoms with Gasteiger partial charge < -0.3 is 10.1 Å². The van der Waals surface area contributed by atoms with Crippen molar-refractivity contribution in [2.24, 2.45) is 0 Å². The first-order valence-corrected chi connectivity index (χ1v) is 6.37. The third kappa shape index (κ3) is 4.95. The van der Waals surface area contributed by atoms with Crippen LogP contribution in [0, 0.1) is 0 Å². The predicted molar refractivity (Wildman–Crippen MR) is 66.0 cm³/mol. The lowest BCUT2D eigenvalue weighted by Gasteiger charge is -2.01. The summed E-state index contributed by atoms with van der Waals surface area (Å²) in [5.41, 5.74) is 0. The molecule has 0 aromatic carbocycles. The number of thiazole rings is 1. The van der Waals surface area contributed by atoms with E-state index in [1.807, 2.05) is 6.92 Å². The molecule has 0 aliphatic heterocycles. The number of carbonyl (C=O) groups is 2. The van der Waals surface area contributed by atoms with Gasteiger partial charge in [0.1, 0.15) is 0 Å². The zero-order valence-corrected chi connectivity index (χ0v) is 10.8. The van der Waals surface area contributed by atoms with Crippen LogP contribution in [0.2, 0.25) is 0 Å². The van der Waals surface area contributed by atoms with Gasteiger partial charge in [-0.05, 0) is 13.3 Å². The molecule has 6 heteroatoms. The van der Waals surface area contributed by atoms with E-state index in [4.69, 9.17) is 4.74 Å². The molecule has 1 amide bonds. The highest BCUT2D eigenvalue weighted by atomic mass is 32.1. The summed E-state index contributed by atoms with van der Waals surface area (Å²) in [7, 11) is 0. The SMILES string of the molecule is CCOC(=O)CCC(=O)Nc1ncc(CC)s1. The fourth-order valence-corrected chi connectivity index (χ4v) is 1.93. The molecule has 1 aromatic rings. The molecular weight excluding hydrogens is 240 g/mol. The Bertz CT molecular complexity index is 390. The maximum atomic E-state index is 11.5. The lowest BCUT2D eigenvalue weighted by molar-refractivity contribution is -0.144. The summed E-state index contributed by atoms with van der Waals surface area (Å²) in [5.74, 6) is -0.564. The highest BCUT2D eigenvalue weighted by Crippen LogP contribution is 2.18. The molecule has 0 saturated carbocycles. The smallest absolute Gasteiger partial charge is 0.306 e. The van der Waals surface area contributed by atoms with Gasteiger partial charge in [0.05, 0.1) is 13.0 Å². The fraction of sp³-hybridized carbons (Fsp3) is 0.545. The monoisotopic (exact) mass is 256 g/mol. The lowest BCUT2D eigenvalue weighted by Crippen LogP contribution is -2.14. The van der Waals surface area contributed by atoms with Gasteiger partial charge in [-0.15, -0.1) is 11.3 Å². The summed E-state index contributed by atoms with van der Waals surface area (Å²) in [6.45, 7) is 4.10. The second-order valence-electron chi connectivity index (χ2n) is 3.34. The molecule has 0 saturated heterocycles. The van der Waals surface area contributed by atoms with E-state index in [-0.39, 0.29) is 24.7 Å². The number of anilines is 1. The molecule has 0 fully saturated rings. The summed E-state index contributed by atoms with van der Waals surface area (Å²) in [5, 5.41) is 3.23. The molecule has 1 heterocycles. The molecule has 0 spiro atoms.